The zero-order chi connectivity index (χ0) is 12.0. The van der Waals surface area contributed by atoms with Crippen molar-refractivity contribution in [2.75, 3.05) is 0 Å². The SMILES string of the molecule is CC(=O)OB1OC(=O)C(=O)O1.CC(=O)[O-].[Li+]. The first-order chi connectivity index (χ1) is 6.82. The predicted octanol–water partition coefficient (Wildman–Crippen LogP) is -5.61. The molecule has 82 valence electrons. The molecule has 0 aliphatic carbocycles. The first-order valence-electron chi connectivity index (χ1n) is 3.59. The van der Waals surface area contributed by atoms with Crippen molar-refractivity contribution in [3.8, 4) is 0 Å². The first kappa shape index (κ1) is 17.0. The van der Waals surface area contributed by atoms with Gasteiger partial charge < -0.3 is 23.9 Å². The van der Waals surface area contributed by atoms with E-state index in [1.807, 2.05) is 0 Å². The number of carbonyl (C=O) groups is 4. The van der Waals surface area contributed by atoms with Gasteiger partial charge in [0, 0.05) is 12.9 Å². The third-order valence-corrected chi connectivity index (χ3v) is 0.835. The van der Waals surface area contributed by atoms with Gasteiger partial charge in [0.2, 0.25) is 0 Å². The number of carbonyl (C=O) groups excluding carboxylic acids is 4. The Kier molecular flexibility index (Phi) is 8.25. The Hall–Kier alpha value is -1.46. The molecule has 8 nitrogen and oxygen atoms in total. The fraction of sp³-hybridized carbons (Fsp3) is 0.333. The van der Waals surface area contributed by atoms with Gasteiger partial charge in [-0.25, -0.2) is 9.59 Å². The van der Waals surface area contributed by atoms with Crippen LogP contribution in [0.3, 0.4) is 0 Å². The largest absolute Gasteiger partial charge is 1.00 e. The molecule has 0 bridgehead atoms. The van der Waals surface area contributed by atoms with Gasteiger partial charge in [-0.15, -0.1) is 0 Å². The van der Waals surface area contributed by atoms with Gasteiger partial charge in [0.05, 0.1) is 0 Å². The number of carboxylic acid groups (broad SMARTS) is 1. The van der Waals surface area contributed by atoms with Gasteiger partial charge in [-0.05, 0) is 6.92 Å². The molecule has 16 heavy (non-hydrogen) atoms. The number of aliphatic carboxylic acids is 1. The second-order valence-corrected chi connectivity index (χ2v) is 2.20. The molecule has 0 aromatic carbocycles. The summed E-state index contributed by atoms with van der Waals surface area (Å²) in [6.07, 6.45) is 0. The van der Waals surface area contributed by atoms with Crippen molar-refractivity contribution >= 4 is 31.2 Å². The minimum atomic E-state index is -1.51. The summed E-state index contributed by atoms with van der Waals surface area (Å²) in [5, 5.41) is 8.89. The van der Waals surface area contributed by atoms with Gasteiger partial charge in [-0.2, -0.15) is 0 Å². The van der Waals surface area contributed by atoms with Crippen molar-refractivity contribution in [2.45, 2.75) is 13.8 Å². The summed E-state index contributed by atoms with van der Waals surface area (Å²) in [5.41, 5.74) is 0. The molecule has 0 atom stereocenters. The molecule has 0 unspecified atom stereocenters. The maximum Gasteiger partial charge on any atom is 1.00 e. The molecular weight excluding hydrogens is 218 g/mol. The topological polar surface area (TPSA) is 119 Å². The standard InChI is InChI=1S/C4H3BO6.C2H4O2.Li/c1-2(6)9-5-10-3(7)4(8)11-5;1-2(3)4;/h1H3;1H3,(H,3,4);/q;;+1/p-1. The number of hydrogen-bond acceptors (Lipinski definition) is 8. The molecule has 0 saturated carbocycles. The van der Waals surface area contributed by atoms with E-state index in [1.165, 1.54) is 0 Å². The normalized spacial score (nSPS) is 12.5. The molecule has 10 heteroatoms. The van der Waals surface area contributed by atoms with Gasteiger partial charge in [-0.1, -0.05) is 0 Å². The van der Waals surface area contributed by atoms with Crippen LogP contribution >= 0.6 is 0 Å². The van der Waals surface area contributed by atoms with Crippen LogP contribution < -0.4 is 24.0 Å². The fourth-order valence-electron chi connectivity index (χ4n) is 0.479. The second-order valence-electron chi connectivity index (χ2n) is 2.20. The van der Waals surface area contributed by atoms with E-state index in [0.717, 1.165) is 13.8 Å². The number of hydrogen-bond donors (Lipinski definition) is 0. The maximum atomic E-state index is 10.3. The van der Waals surface area contributed by atoms with Crippen LogP contribution in [0, 0.1) is 0 Å². The van der Waals surface area contributed by atoms with Crippen LogP contribution in [0.2, 0.25) is 0 Å². The molecule has 0 radical (unpaired) electrons. The van der Waals surface area contributed by atoms with Crippen molar-refractivity contribution in [3.05, 3.63) is 0 Å². The maximum absolute atomic E-state index is 10.3. The molecule has 1 fully saturated rings. The molecule has 0 amide bonds. The zero-order valence-corrected chi connectivity index (χ0v) is 8.84. The monoisotopic (exact) mass is 224 g/mol. The minimum Gasteiger partial charge on any atom is -0.550 e. The summed E-state index contributed by atoms with van der Waals surface area (Å²) in [4.78, 5) is 39.7. The van der Waals surface area contributed by atoms with Gasteiger partial charge >= 0.3 is 38.1 Å². The smallest absolute Gasteiger partial charge is 0.550 e. The fourth-order valence-corrected chi connectivity index (χ4v) is 0.479. The van der Waals surface area contributed by atoms with E-state index in [0.29, 0.717) is 0 Å². The molecule has 0 N–H and O–H groups in total. The Morgan fingerprint density at radius 1 is 1.19 bits per heavy atom. The third kappa shape index (κ3) is 7.90. The van der Waals surface area contributed by atoms with E-state index in [2.05, 4.69) is 14.0 Å². The van der Waals surface area contributed by atoms with Crippen molar-refractivity contribution in [1.29, 1.82) is 0 Å². The molecule has 0 aromatic heterocycles. The van der Waals surface area contributed by atoms with Crippen LogP contribution in [-0.4, -0.2) is 31.2 Å². The number of carboxylic acids is 1. The summed E-state index contributed by atoms with van der Waals surface area (Å²) in [7, 11) is -1.51. The van der Waals surface area contributed by atoms with Crippen LogP contribution in [0.25, 0.3) is 0 Å². The van der Waals surface area contributed by atoms with E-state index in [9.17, 15) is 14.4 Å². The Morgan fingerprint density at radius 2 is 1.50 bits per heavy atom. The summed E-state index contributed by atoms with van der Waals surface area (Å²) in [5.74, 6) is -4.09. The Labute approximate surface area is 103 Å². The molecule has 1 rings (SSSR count). The van der Waals surface area contributed by atoms with Crippen LogP contribution in [0.4, 0.5) is 0 Å². The molecular formula is C6H6BLiO8. The summed E-state index contributed by atoms with van der Waals surface area (Å²) < 4.78 is 12.5. The van der Waals surface area contributed by atoms with Gasteiger partial charge in [0.15, 0.2) is 0 Å². The molecule has 1 aliphatic rings. The van der Waals surface area contributed by atoms with Crippen molar-refractivity contribution in [3.63, 3.8) is 0 Å². The molecule has 1 saturated heterocycles. The molecule has 0 aromatic rings. The molecule has 1 heterocycles. The van der Waals surface area contributed by atoms with Gasteiger partial charge in [0.25, 0.3) is 5.97 Å². The number of rotatable bonds is 1. The summed E-state index contributed by atoms with van der Waals surface area (Å²) >= 11 is 0. The van der Waals surface area contributed by atoms with E-state index >= 15 is 0 Å². The van der Waals surface area contributed by atoms with Gasteiger partial charge in [0.1, 0.15) is 0 Å². The summed E-state index contributed by atoms with van der Waals surface area (Å²) in [6, 6.07) is 0. The van der Waals surface area contributed by atoms with E-state index in [1.54, 1.807) is 0 Å². The van der Waals surface area contributed by atoms with Gasteiger partial charge in [-0.3, -0.25) is 4.79 Å². The quantitative estimate of drug-likeness (QED) is 0.319. The minimum absolute atomic E-state index is 0. The van der Waals surface area contributed by atoms with E-state index < -0.39 is 31.2 Å². The Morgan fingerprint density at radius 3 is 1.75 bits per heavy atom. The Bertz CT molecular complexity index is 283. The van der Waals surface area contributed by atoms with Crippen molar-refractivity contribution in [1.82, 2.24) is 0 Å². The average molecular weight is 224 g/mol. The third-order valence-electron chi connectivity index (χ3n) is 0.835. The molecule has 0 spiro atoms. The van der Waals surface area contributed by atoms with Crippen LogP contribution in [0.5, 0.6) is 0 Å². The predicted molar refractivity (Wildman–Crippen MR) is 40.4 cm³/mol. The van der Waals surface area contributed by atoms with Crippen molar-refractivity contribution < 1.29 is 57.1 Å². The first-order valence-corrected chi connectivity index (χ1v) is 3.59. The summed E-state index contributed by atoms with van der Waals surface area (Å²) in [6.45, 7) is 2.07. The Balaban J connectivity index is 0. The van der Waals surface area contributed by atoms with Crippen LogP contribution in [0.1, 0.15) is 13.8 Å². The zero-order valence-electron chi connectivity index (χ0n) is 8.84. The van der Waals surface area contributed by atoms with Crippen molar-refractivity contribution in [2.24, 2.45) is 0 Å². The van der Waals surface area contributed by atoms with E-state index in [-0.39, 0.29) is 18.9 Å². The second kappa shape index (κ2) is 7.78. The molecule has 1 aliphatic heterocycles. The average Bonchev–Trinajstić information content (AvgIpc) is 2.27. The van der Waals surface area contributed by atoms with E-state index in [4.69, 9.17) is 9.90 Å². The van der Waals surface area contributed by atoms with Crippen LogP contribution in [0.15, 0.2) is 0 Å². The van der Waals surface area contributed by atoms with Crippen LogP contribution in [-0.2, 0) is 33.1 Å².